The lowest BCUT2D eigenvalue weighted by Crippen LogP contribution is -2.40. The van der Waals surface area contributed by atoms with Gasteiger partial charge in [-0.1, -0.05) is 6.92 Å². The third-order valence-electron chi connectivity index (χ3n) is 1.87. The number of nitrogens with zero attached hydrogens (tertiary/aromatic N) is 1. The molecule has 0 aromatic rings. The van der Waals surface area contributed by atoms with Crippen LogP contribution < -0.4 is 10.6 Å². The second-order valence-corrected chi connectivity index (χ2v) is 2.87. The van der Waals surface area contributed by atoms with Gasteiger partial charge in [-0.2, -0.15) is 0 Å². The summed E-state index contributed by atoms with van der Waals surface area (Å²) in [5.41, 5.74) is 0. The topological polar surface area (TPSA) is 26.1 Å². The van der Waals surface area contributed by atoms with E-state index in [4.69, 9.17) is 0 Å². The van der Waals surface area contributed by atoms with Crippen LogP contribution in [0.5, 0.6) is 0 Å². The fourth-order valence-electron chi connectivity index (χ4n) is 1.27. The first-order valence-corrected chi connectivity index (χ1v) is 4.33. The minimum atomic E-state index is 0.480. The molecule has 0 aliphatic carbocycles. The number of rotatable bonds is 3. The van der Waals surface area contributed by atoms with Crippen LogP contribution in [0.1, 0.15) is 32.6 Å². The maximum atomic E-state index is 4.46. The standard InChI is InChI=1S/C8H17N2/c1-2-6-9-8-5-3-4-7-10-8/h8-9H,2-7H2,1H3. The molecule has 0 amide bonds. The van der Waals surface area contributed by atoms with Crippen molar-refractivity contribution in [3.05, 3.63) is 0 Å². The van der Waals surface area contributed by atoms with Crippen molar-refractivity contribution in [3.63, 3.8) is 0 Å². The van der Waals surface area contributed by atoms with Gasteiger partial charge >= 0.3 is 0 Å². The average molecular weight is 141 g/mol. The summed E-state index contributed by atoms with van der Waals surface area (Å²) in [6.45, 7) is 4.38. The fourth-order valence-corrected chi connectivity index (χ4v) is 1.27. The smallest absolute Gasteiger partial charge is 0.0735 e. The van der Waals surface area contributed by atoms with Gasteiger partial charge in [-0.15, -0.1) is 0 Å². The number of piperidine rings is 1. The lowest BCUT2D eigenvalue weighted by Gasteiger charge is -2.22. The molecule has 1 aliphatic rings. The molecule has 0 spiro atoms. The van der Waals surface area contributed by atoms with Crippen molar-refractivity contribution in [2.24, 2.45) is 0 Å². The van der Waals surface area contributed by atoms with Crippen molar-refractivity contribution in [2.75, 3.05) is 13.1 Å². The molecule has 1 saturated heterocycles. The second-order valence-electron chi connectivity index (χ2n) is 2.87. The summed E-state index contributed by atoms with van der Waals surface area (Å²) in [7, 11) is 0. The summed E-state index contributed by atoms with van der Waals surface area (Å²) in [4.78, 5) is 0. The van der Waals surface area contributed by atoms with E-state index in [-0.39, 0.29) is 0 Å². The van der Waals surface area contributed by atoms with Crippen LogP contribution in [-0.2, 0) is 0 Å². The van der Waals surface area contributed by atoms with Crippen molar-refractivity contribution < 1.29 is 0 Å². The zero-order valence-corrected chi connectivity index (χ0v) is 6.77. The Bertz CT molecular complexity index is 77.3. The average Bonchev–Trinajstić information content (AvgIpc) is 2.03. The molecule has 2 nitrogen and oxygen atoms in total. The molecular formula is C8H17N2. The Labute approximate surface area is 63.4 Å². The van der Waals surface area contributed by atoms with Crippen LogP contribution in [0.3, 0.4) is 0 Å². The Morgan fingerprint density at radius 1 is 1.50 bits per heavy atom. The highest BCUT2D eigenvalue weighted by molar-refractivity contribution is 4.68. The lowest BCUT2D eigenvalue weighted by molar-refractivity contribution is 0.337. The summed E-state index contributed by atoms with van der Waals surface area (Å²) < 4.78 is 0. The normalized spacial score (nSPS) is 26.7. The summed E-state index contributed by atoms with van der Waals surface area (Å²) in [5.74, 6) is 0. The molecule has 1 unspecified atom stereocenters. The van der Waals surface area contributed by atoms with Gasteiger partial charge in [-0.3, -0.25) is 0 Å². The van der Waals surface area contributed by atoms with Crippen molar-refractivity contribution >= 4 is 0 Å². The van der Waals surface area contributed by atoms with Crippen molar-refractivity contribution in [1.29, 1.82) is 0 Å². The van der Waals surface area contributed by atoms with Gasteiger partial charge in [-0.25, -0.2) is 5.32 Å². The summed E-state index contributed by atoms with van der Waals surface area (Å²) in [6, 6.07) is 0. The highest BCUT2D eigenvalue weighted by Crippen LogP contribution is 2.05. The summed E-state index contributed by atoms with van der Waals surface area (Å²) in [5, 5.41) is 7.86. The van der Waals surface area contributed by atoms with E-state index < -0.39 is 0 Å². The number of hydrogen-bond acceptors (Lipinski definition) is 1. The van der Waals surface area contributed by atoms with Crippen LogP contribution in [-0.4, -0.2) is 19.3 Å². The predicted molar refractivity (Wildman–Crippen MR) is 42.9 cm³/mol. The molecule has 1 aliphatic heterocycles. The van der Waals surface area contributed by atoms with Crippen LogP contribution >= 0.6 is 0 Å². The predicted octanol–water partition coefficient (Wildman–Crippen LogP) is 1.10. The fraction of sp³-hybridized carbons (Fsp3) is 1.00. The third kappa shape index (κ3) is 2.67. The zero-order chi connectivity index (χ0) is 7.23. The first kappa shape index (κ1) is 8.02. The third-order valence-corrected chi connectivity index (χ3v) is 1.87. The minimum absolute atomic E-state index is 0.480. The highest BCUT2D eigenvalue weighted by atomic mass is 15.1. The first-order valence-electron chi connectivity index (χ1n) is 4.33. The van der Waals surface area contributed by atoms with Gasteiger partial charge < -0.3 is 5.32 Å². The van der Waals surface area contributed by atoms with Crippen molar-refractivity contribution in [2.45, 2.75) is 38.8 Å². The van der Waals surface area contributed by atoms with E-state index in [2.05, 4.69) is 17.6 Å². The molecular weight excluding hydrogens is 124 g/mol. The van der Waals surface area contributed by atoms with E-state index in [0.29, 0.717) is 6.17 Å². The Kier molecular flexibility index (Phi) is 3.76. The van der Waals surface area contributed by atoms with Crippen LogP contribution in [0, 0.1) is 0 Å². The molecule has 10 heavy (non-hydrogen) atoms. The summed E-state index contributed by atoms with van der Waals surface area (Å²) >= 11 is 0. The van der Waals surface area contributed by atoms with E-state index in [9.17, 15) is 0 Å². The summed E-state index contributed by atoms with van der Waals surface area (Å²) in [6.07, 6.45) is 5.59. The molecule has 2 heteroatoms. The molecule has 0 bridgehead atoms. The number of hydrogen-bond donors (Lipinski definition) is 1. The van der Waals surface area contributed by atoms with E-state index in [1.54, 1.807) is 0 Å². The van der Waals surface area contributed by atoms with Gasteiger partial charge in [0, 0.05) is 6.54 Å². The van der Waals surface area contributed by atoms with Crippen LogP contribution in [0.15, 0.2) is 0 Å². The van der Waals surface area contributed by atoms with Crippen molar-refractivity contribution in [3.8, 4) is 0 Å². The lowest BCUT2D eigenvalue weighted by atomic mass is 10.1. The maximum absolute atomic E-state index is 4.46. The first-order chi connectivity index (χ1) is 4.93. The van der Waals surface area contributed by atoms with Crippen LogP contribution in [0.2, 0.25) is 0 Å². The van der Waals surface area contributed by atoms with Crippen LogP contribution in [0.4, 0.5) is 0 Å². The minimum Gasteiger partial charge on any atom is -0.301 e. The van der Waals surface area contributed by atoms with Gasteiger partial charge in [-0.05, 0) is 32.2 Å². The molecule has 0 saturated carbocycles. The van der Waals surface area contributed by atoms with E-state index in [1.165, 1.54) is 25.7 Å². The Morgan fingerprint density at radius 2 is 2.40 bits per heavy atom. The van der Waals surface area contributed by atoms with Gasteiger partial charge in [0.15, 0.2) is 0 Å². The SMILES string of the molecule is CCCNC1CCCC[N]1. The monoisotopic (exact) mass is 141 g/mol. The largest absolute Gasteiger partial charge is 0.301 e. The van der Waals surface area contributed by atoms with Crippen LogP contribution in [0.25, 0.3) is 0 Å². The molecule has 0 aromatic heterocycles. The van der Waals surface area contributed by atoms with Gasteiger partial charge in [0.2, 0.25) is 0 Å². The quantitative estimate of drug-likeness (QED) is 0.626. The van der Waals surface area contributed by atoms with E-state index in [1.807, 2.05) is 0 Å². The Hall–Kier alpha value is -0.0800. The molecule has 1 fully saturated rings. The molecule has 1 heterocycles. The number of nitrogens with one attached hydrogen (secondary N) is 1. The molecule has 59 valence electrons. The molecule has 1 rings (SSSR count). The molecule has 1 N–H and O–H groups in total. The van der Waals surface area contributed by atoms with Gasteiger partial charge in [0.25, 0.3) is 0 Å². The molecule has 0 aromatic carbocycles. The Balaban J connectivity index is 2.02. The zero-order valence-electron chi connectivity index (χ0n) is 6.77. The van der Waals surface area contributed by atoms with E-state index >= 15 is 0 Å². The van der Waals surface area contributed by atoms with Crippen molar-refractivity contribution in [1.82, 2.24) is 10.6 Å². The van der Waals surface area contributed by atoms with Gasteiger partial charge in [0.1, 0.15) is 0 Å². The Morgan fingerprint density at radius 3 is 3.00 bits per heavy atom. The van der Waals surface area contributed by atoms with Gasteiger partial charge in [0.05, 0.1) is 6.17 Å². The highest BCUT2D eigenvalue weighted by Gasteiger charge is 2.11. The molecule has 1 radical (unpaired) electrons. The second kappa shape index (κ2) is 4.69. The maximum Gasteiger partial charge on any atom is 0.0735 e. The van der Waals surface area contributed by atoms with E-state index in [0.717, 1.165) is 13.1 Å². The molecule has 1 atom stereocenters.